The Morgan fingerprint density at radius 1 is 1.29 bits per heavy atom. The Labute approximate surface area is 175 Å². The smallest absolute Gasteiger partial charge is 0.275 e. The van der Waals surface area contributed by atoms with Crippen LogP contribution in [-0.2, 0) is 16.1 Å². The fourth-order valence-corrected chi connectivity index (χ4v) is 2.43. The van der Waals surface area contributed by atoms with E-state index in [1.807, 2.05) is 6.07 Å². The van der Waals surface area contributed by atoms with E-state index in [4.69, 9.17) is 39.4 Å². The van der Waals surface area contributed by atoms with E-state index in [0.29, 0.717) is 54.3 Å². The Hall–Kier alpha value is -2.06. The SMILES string of the molecule is CC=C(NCc1ccc(Cl)c(Cl)c1)NC(=O)C(=NCCOCCN)/C(C)=C\N. The molecule has 1 amide bonds. The molecule has 0 aliphatic rings. The van der Waals surface area contributed by atoms with Crippen molar-refractivity contribution in [1.29, 1.82) is 0 Å². The van der Waals surface area contributed by atoms with Crippen LogP contribution in [0.25, 0.3) is 0 Å². The summed E-state index contributed by atoms with van der Waals surface area (Å²) in [6.07, 6.45) is 3.09. The molecule has 1 aromatic carbocycles. The van der Waals surface area contributed by atoms with E-state index in [2.05, 4.69) is 15.6 Å². The number of benzene rings is 1. The van der Waals surface area contributed by atoms with Crippen LogP contribution in [0.3, 0.4) is 0 Å². The molecule has 0 atom stereocenters. The number of nitrogens with one attached hydrogen (secondary N) is 2. The molecule has 0 saturated heterocycles. The molecule has 28 heavy (non-hydrogen) atoms. The molecule has 1 aromatic rings. The summed E-state index contributed by atoms with van der Waals surface area (Å²) >= 11 is 11.9. The molecule has 154 valence electrons. The summed E-state index contributed by atoms with van der Waals surface area (Å²) in [7, 11) is 0. The number of ether oxygens (including phenoxy) is 1. The fraction of sp³-hybridized carbons (Fsp3) is 0.368. The zero-order chi connectivity index (χ0) is 20.9. The summed E-state index contributed by atoms with van der Waals surface area (Å²) in [6.45, 7) is 5.58. The minimum atomic E-state index is -0.368. The van der Waals surface area contributed by atoms with Crippen LogP contribution in [0.1, 0.15) is 19.4 Å². The largest absolute Gasteiger partial charge is 0.404 e. The Bertz CT molecular complexity index is 748. The summed E-state index contributed by atoms with van der Waals surface area (Å²) in [6, 6.07) is 5.34. The molecule has 0 aliphatic carbocycles. The lowest BCUT2D eigenvalue weighted by Gasteiger charge is -2.14. The van der Waals surface area contributed by atoms with E-state index >= 15 is 0 Å². The van der Waals surface area contributed by atoms with Gasteiger partial charge in [-0.15, -0.1) is 0 Å². The van der Waals surface area contributed by atoms with Crippen LogP contribution in [0.5, 0.6) is 0 Å². The normalized spacial score (nSPS) is 12.8. The standard InChI is InChI=1S/C19H27Cl2N5O2/c1-3-17(25-12-14-4-5-15(20)16(21)10-14)26-19(27)18(13(2)11-23)24-7-9-28-8-6-22/h3-5,10-11,25H,6-9,12,22-23H2,1-2H3,(H,26,27)/b13-11-,17-3?,24-18?. The highest BCUT2D eigenvalue weighted by atomic mass is 35.5. The predicted molar refractivity (Wildman–Crippen MR) is 115 cm³/mol. The van der Waals surface area contributed by atoms with Crippen LogP contribution in [0.15, 0.2) is 46.9 Å². The molecule has 9 heteroatoms. The van der Waals surface area contributed by atoms with Gasteiger partial charge in [0.05, 0.1) is 29.8 Å². The van der Waals surface area contributed by atoms with Crippen molar-refractivity contribution in [2.24, 2.45) is 16.5 Å². The average molecular weight is 428 g/mol. The van der Waals surface area contributed by atoms with E-state index in [0.717, 1.165) is 5.56 Å². The first-order valence-electron chi connectivity index (χ1n) is 8.79. The van der Waals surface area contributed by atoms with Gasteiger partial charge < -0.3 is 26.8 Å². The zero-order valence-electron chi connectivity index (χ0n) is 16.1. The number of allylic oxidation sites excluding steroid dienone is 1. The molecule has 7 nitrogen and oxygen atoms in total. The number of amides is 1. The fourth-order valence-electron chi connectivity index (χ4n) is 2.11. The van der Waals surface area contributed by atoms with Crippen molar-refractivity contribution in [3.05, 3.63) is 57.5 Å². The van der Waals surface area contributed by atoms with E-state index in [-0.39, 0.29) is 11.6 Å². The molecular formula is C19H27Cl2N5O2. The number of rotatable bonds is 11. The van der Waals surface area contributed by atoms with Gasteiger partial charge in [-0.25, -0.2) is 0 Å². The quantitative estimate of drug-likeness (QED) is 0.319. The number of carbonyl (C=O) groups excluding carboxylic acids is 1. The minimum absolute atomic E-state index is 0.245. The molecule has 0 spiro atoms. The highest BCUT2D eigenvalue weighted by Crippen LogP contribution is 2.22. The van der Waals surface area contributed by atoms with E-state index in [1.54, 1.807) is 32.1 Å². The molecular weight excluding hydrogens is 401 g/mol. The van der Waals surface area contributed by atoms with E-state index in [1.165, 1.54) is 6.20 Å². The topological polar surface area (TPSA) is 115 Å². The van der Waals surface area contributed by atoms with Crippen LogP contribution >= 0.6 is 23.2 Å². The number of carbonyl (C=O) groups is 1. The lowest BCUT2D eigenvalue weighted by Crippen LogP contribution is -2.36. The van der Waals surface area contributed by atoms with Crippen molar-refractivity contribution in [3.63, 3.8) is 0 Å². The highest BCUT2D eigenvalue weighted by Gasteiger charge is 2.14. The van der Waals surface area contributed by atoms with Crippen LogP contribution in [0, 0.1) is 0 Å². The number of aliphatic imine (C=N–C) groups is 1. The van der Waals surface area contributed by atoms with Gasteiger partial charge in [-0.05, 0) is 49.4 Å². The van der Waals surface area contributed by atoms with Crippen molar-refractivity contribution >= 4 is 34.8 Å². The minimum Gasteiger partial charge on any atom is -0.404 e. The van der Waals surface area contributed by atoms with Gasteiger partial charge in [0.1, 0.15) is 11.5 Å². The van der Waals surface area contributed by atoms with Crippen molar-refractivity contribution < 1.29 is 9.53 Å². The number of halogens is 2. The average Bonchev–Trinajstić information content (AvgIpc) is 2.69. The van der Waals surface area contributed by atoms with Gasteiger partial charge in [0.25, 0.3) is 5.91 Å². The van der Waals surface area contributed by atoms with Crippen molar-refractivity contribution in [3.8, 4) is 0 Å². The van der Waals surface area contributed by atoms with Gasteiger partial charge >= 0.3 is 0 Å². The lowest BCUT2D eigenvalue weighted by molar-refractivity contribution is -0.114. The molecule has 0 unspecified atom stereocenters. The van der Waals surface area contributed by atoms with Crippen LogP contribution in [0.2, 0.25) is 10.0 Å². The van der Waals surface area contributed by atoms with Crippen LogP contribution < -0.4 is 22.1 Å². The summed E-state index contributed by atoms with van der Waals surface area (Å²) < 4.78 is 5.28. The van der Waals surface area contributed by atoms with Crippen molar-refractivity contribution in [2.45, 2.75) is 20.4 Å². The Morgan fingerprint density at radius 3 is 2.64 bits per heavy atom. The highest BCUT2D eigenvalue weighted by molar-refractivity contribution is 6.45. The van der Waals surface area contributed by atoms with Crippen LogP contribution in [0.4, 0.5) is 0 Å². The third-order valence-corrected chi connectivity index (χ3v) is 4.35. The summed E-state index contributed by atoms with van der Waals surface area (Å²) in [5.41, 5.74) is 12.7. The lowest BCUT2D eigenvalue weighted by atomic mass is 10.2. The Morgan fingerprint density at radius 2 is 2.04 bits per heavy atom. The maximum atomic E-state index is 12.6. The summed E-state index contributed by atoms with van der Waals surface area (Å²) in [5.74, 6) is 0.167. The number of nitrogens with two attached hydrogens (primary N) is 2. The van der Waals surface area contributed by atoms with Gasteiger partial charge in [0, 0.05) is 13.1 Å². The summed E-state index contributed by atoms with van der Waals surface area (Å²) in [5, 5.41) is 6.90. The Kier molecular flexibility index (Phi) is 11.3. The number of hydrogen-bond acceptors (Lipinski definition) is 6. The molecule has 0 fully saturated rings. The van der Waals surface area contributed by atoms with E-state index < -0.39 is 0 Å². The second-order valence-corrected chi connectivity index (χ2v) is 6.55. The molecule has 0 bridgehead atoms. The van der Waals surface area contributed by atoms with Crippen LogP contribution in [-0.4, -0.2) is 37.9 Å². The molecule has 0 radical (unpaired) electrons. The van der Waals surface area contributed by atoms with Crippen molar-refractivity contribution in [2.75, 3.05) is 26.3 Å². The van der Waals surface area contributed by atoms with Gasteiger partial charge in [-0.2, -0.15) is 0 Å². The molecule has 6 N–H and O–H groups in total. The molecule has 1 rings (SSSR count). The van der Waals surface area contributed by atoms with Gasteiger partial charge in [0.15, 0.2) is 0 Å². The van der Waals surface area contributed by atoms with E-state index in [9.17, 15) is 4.79 Å². The summed E-state index contributed by atoms with van der Waals surface area (Å²) in [4.78, 5) is 16.9. The van der Waals surface area contributed by atoms with Gasteiger partial charge in [-0.3, -0.25) is 9.79 Å². The van der Waals surface area contributed by atoms with Crippen molar-refractivity contribution in [1.82, 2.24) is 10.6 Å². The van der Waals surface area contributed by atoms with Gasteiger partial charge in [0.2, 0.25) is 0 Å². The maximum absolute atomic E-state index is 12.6. The van der Waals surface area contributed by atoms with Gasteiger partial charge in [-0.1, -0.05) is 29.3 Å². The third kappa shape index (κ3) is 8.31. The first kappa shape index (κ1) is 24.0. The third-order valence-electron chi connectivity index (χ3n) is 3.61. The maximum Gasteiger partial charge on any atom is 0.275 e. The molecule has 0 saturated carbocycles. The number of hydrogen-bond donors (Lipinski definition) is 4. The zero-order valence-corrected chi connectivity index (χ0v) is 17.6. The molecule has 0 aliphatic heterocycles. The second kappa shape index (κ2) is 13.2. The molecule has 0 aromatic heterocycles. The number of nitrogens with zero attached hydrogens (tertiary/aromatic N) is 1. The first-order valence-corrected chi connectivity index (χ1v) is 9.55. The molecule has 0 heterocycles. The second-order valence-electron chi connectivity index (χ2n) is 5.74. The first-order chi connectivity index (χ1) is 13.4. The predicted octanol–water partition coefficient (Wildman–Crippen LogP) is 2.34. The Balaban J connectivity index is 2.72. The monoisotopic (exact) mass is 427 g/mol.